The SMILES string of the molecule is NNC(=O)c1cn(CC(=O)O)c2cc(O)c(O)cc2c1=O. The molecule has 0 aliphatic carbocycles. The van der Waals surface area contributed by atoms with Gasteiger partial charge in [0, 0.05) is 12.3 Å². The average Bonchev–Trinajstić information content (AvgIpc) is 2.42. The molecule has 0 bridgehead atoms. The highest BCUT2D eigenvalue weighted by Gasteiger charge is 2.17. The summed E-state index contributed by atoms with van der Waals surface area (Å²) in [4.78, 5) is 34.6. The number of pyridine rings is 1. The van der Waals surface area contributed by atoms with Crippen molar-refractivity contribution in [3.8, 4) is 11.5 Å². The van der Waals surface area contributed by atoms with Gasteiger partial charge in [-0.3, -0.25) is 19.8 Å². The number of aliphatic carboxylic acids is 1. The van der Waals surface area contributed by atoms with Gasteiger partial charge in [0.15, 0.2) is 11.5 Å². The minimum atomic E-state index is -1.22. The van der Waals surface area contributed by atoms with Gasteiger partial charge >= 0.3 is 5.97 Å². The predicted molar refractivity (Wildman–Crippen MR) is 70.8 cm³/mol. The number of carbonyl (C=O) groups excluding carboxylic acids is 1. The number of hydrazine groups is 1. The molecule has 6 N–H and O–H groups in total. The van der Waals surface area contributed by atoms with Crippen molar-refractivity contribution < 1.29 is 24.9 Å². The molecule has 9 heteroatoms. The number of carboxylic acid groups (broad SMARTS) is 1. The Morgan fingerprint density at radius 1 is 1.24 bits per heavy atom. The number of benzene rings is 1. The first kappa shape index (κ1) is 14.3. The van der Waals surface area contributed by atoms with E-state index in [9.17, 15) is 24.6 Å². The molecule has 21 heavy (non-hydrogen) atoms. The van der Waals surface area contributed by atoms with Crippen LogP contribution in [0.25, 0.3) is 10.9 Å². The number of nitrogens with two attached hydrogens (primary N) is 1. The number of amides is 1. The zero-order valence-electron chi connectivity index (χ0n) is 10.5. The van der Waals surface area contributed by atoms with Crippen molar-refractivity contribution in [3.05, 3.63) is 34.1 Å². The second-order valence-electron chi connectivity index (χ2n) is 4.23. The molecule has 1 aromatic heterocycles. The van der Waals surface area contributed by atoms with E-state index in [4.69, 9.17) is 10.9 Å². The summed E-state index contributed by atoms with van der Waals surface area (Å²) in [5, 5.41) is 27.7. The Kier molecular flexibility index (Phi) is 3.51. The maximum atomic E-state index is 12.2. The van der Waals surface area contributed by atoms with E-state index in [-0.39, 0.29) is 16.5 Å². The smallest absolute Gasteiger partial charge is 0.323 e. The normalized spacial score (nSPS) is 10.5. The van der Waals surface area contributed by atoms with Crippen molar-refractivity contribution in [1.29, 1.82) is 0 Å². The maximum absolute atomic E-state index is 12.2. The first-order valence-corrected chi connectivity index (χ1v) is 5.67. The Hall–Kier alpha value is -3.07. The van der Waals surface area contributed by atoms with Gasteiger partial charge in [-0.2, -0.15) is 0 Å². The zero-order valence-corrected chi connectivity index (χ0v) is 10.5. The molecule has 110 valence electrons. The summed E-state index contributed by atoms with van der Waals surface area (Å²) in [6, 6.07) is 2.00. The van der Waals surface area contributed by atoms with E-state index in [0.717, 1.165) is 22.9 Å². The number of hydrogen-bond acceptors (Lipinski definition) is 6. The van der Waals surface area contributed by atoms with Gasteiger partial charge in [-0.15, -0.1) is 0 Å². The lowest BCUT2D eigenvalue weighted by atomic mass is 10.1. The van der Waals surface area contributed by atoms with Crippen LogP contribution in [0, 0.1) is 0 Å². The van der Waals surface area contributed by atoms with Gasteiger partial charge in [0.1, 0.15) is 12.1 Å². The average molecular weight is 293 g/mol. The Balaban J connectivity index is 2.89. The summed E-state index contributed by atoms with van der Waals surface area (Å²) in [5.41, 5.74) is 0.719. The highest BCUT2D eigenvalue weighted by molar-refractivity contribution is 5.97. The van der Waals surface area contributed by atoms with Crippen LogP contribution in [0.4, 0.5) is 0 Å². The van der Waals surface area contributed by atoms with E-state index in [0.29, 0.717) is 0 Å². The van der Waals surface area contributed by atoms with Crippen LogP contribution in [0.2, 0.25) is 0 Å². The maximum Gasteiger partial charge on any atom is 0.323 e. The van der Waals surface area contributed by atoms with E-state index in [1.165, 1.54) is 0 Å². The molecule has 0 unspecified atom stereocenters. The number of nitrogens with one attached hydrogen (secondary N) is 1. The van der Waals surface area contributed by atoms with Crippen LogP contribution in [0.1, 0.15) is 10.4 Å². The standard InChI is InChI=1S/C12H11N3O6/c13-14-12(21)6-3-15(4-10(18)19)7-2-9(17)8(16)1-5(7)11(6)20/h1-3,16-17H,4,13H2,(H,14,21)(H,18,19). The molecule has 2 rings (SSSR count). The molecule has 0 saturated heterocycles. The van der Waals surface area contributed by atoms with Gasteiger partial charge in [-0.05, 0) is 6.07 Å². The molecular weight excluding hydrogens is 282 g/mol. The van der Waals surface area contributed by atoms with Crippen LogP contribution in [-0.2, 0) is 11.3 Å². The second kappa shape index (κ2) is 5.13. The van der Waals surface area contributed by atoms with Crippen LogP contribution in [0.3, 0.4) is 0 Å². The molecule has 0 aliphatic rings. The molecule has 0 saturated carbocycles. The van der Waals surface area contributed by atoms with Crippen molar-refractivity contribution in [3.63, 3.8) is 0 Å². The summed E-state index contributed by atoms with van der Waals surface area (Å²) in [7, 11) is 0. The van der Waals surface area contributed by atoms with Gasteiger partial charge in [0.25, 0.3) is 5.91 Å². The third-order valence-corrected chi connectivity index (χ3v) is 2.86. The van der Waals surface area contributed by atoms with Crippen LogP contribution < -0.4 is 16.7 Å². The number of carbonyl (C=O) groups is 2. The number of nitrogens with zero attached hydrogens (tertiary/aromatic N) is 1. The fourth-order valence-electron chi connectivity index (χ4n) is 1.93. The molecule has 0 spiro atoms. The number of aromatic nitrogens is 1. The minimum Gasteiger partial charge on any atom is -0.504 e. The van der Waals surface area contributed by atoms with Crippen LogP contribution in [0.15, 0.2) is 23.1 Å². The zero-order chi connectivity index (χ0) is 15.7. The van der Waals surface area contributed by atoms with Crippen molar-refractivity contribution in [1.82, 2.24) is 9.99 Å². The highest BCUT2D eigenvalue weighted by Crippen LogP contribution is 2.28. The topological polar surface area (TPSA) is 155 Å². The Bertz CT molecular complexity index is 811. The molecule has 0 atom stereocenters. The molecule has 2 aromatic rings. The van der Waals surface area contributed by atoms with Gasteiger partial charge < -0.3 is 19.9 Å². The van der Waals surface area contributed by atoms with Crippen molar-refractivity contribution >= 4 is 22.8 Å². The van der Waals surface area contributed by atoms with Crippen LogP contribution >= 0.6 is 0 Å². The lowest BCUT2D eigenvalue weighted by Crippen LogP contribution is -2.34. The van der Waals surface area contributed by atoms with Crippen LogP contribution in [0.5, 0.6) is 11.5 Å². The summed E-state index contributed by atoms with van der Waals surface area (Å²) in [6.07, 6.45) is 1.03. The number of fused-ring (bicyclic) bond motifs is 1. The number of nitrogen functional groups attached to an aromatic ring is 1. The van der Waals surface area contributed by atoms with Crippen LogP contribution in [-0.4, -0.2) is 31.8 Å². The number of carboxylic acids is 1. The van der Waals surface area contributed by atoms with Gasteiger partial charge in [0.05, 0.1) is 10.9 Å². The number of hydrogen-bond donors (Lipinski definition) is 5. The van der Waals surface area contributed by atoms with E-state index in [2.05, 4.69) is 0 Å². The Morgan fingerprint density at radius 2 is 1.86 bits per heavy atom. The predicted octanol–water partition coefficient (Wildman–Crippen LogP) is -0.899. The first-order chi connectivity index (χ1) is 9.85. The van der Waals surface area contributed by atoms with E-state index in [1.54, 1.807) is 5.43 Å². The molecule has 0 aliphatic heterocycles. The van der Waals surface area contributed by atoms with E-state index < -0.39 is 35.3 Å². The number of aromatic hydroxyl groups is 2. The molecule has 1 aromatic carbocycles. The summed E-state index contributed by atoms with van der Waals surface area (Å²) in [5.74, 6) is 1.78. The summed E-state index contributed by atoms with van der Waals surface area (Å²) >= 11 is 0. The van der Waals surface area contributed by atoms with Gasteiger partial charge in [0.2, 0.25) is 5.43 Å². The lowest BCUT2D eigenvalue weighted by Gasteiger charge is -2.12. The van der Waals surface area contributed by atoms with Crippen molar-refractivity contribution in [2.45, 2.75) is 6.54 Å². The molecule has 1 heterocycles. The fraction of sp³-hybridized carbons (Fsp3) is 0.0833. The third kappa shape index (κ3) is 2.49. The molecule has 0 radical (unpaired) electrons. The summed E-state index contributed by atoms with van der Waals surface area (Å²) < 4.78 is 1.09. The number of phenolic OH excluding ortho intramolecular Hbond substituents is 2. The third-order valence-electron chi connectivity index (χ3n) is 2.86. The number of rotatable bonds is 3. The largest absolute Gasteiger partial charge is 0.504 e. The Morgan fingerprint density at radius 3 is 2.43 bits per heavy atom. The van der Waals surface area contributed by atoms with Crippen molar-refractivity contribution in [2.24, 2.45) is 5.84 Å². The quantitative estimate of drug-likeness (QED) is 0.212. The lowest BCUT2D eigenvalue weighted by molar-refractivity contribution is -0.137. The number of phenols is 2. The van der Waals surface area contributed by atoms with E-state index >= 15 is 0 Å². The van der Waals surface area contributed by atoms with E-state index in [1.807, 2.05) is 0 Å². The molecule has 9 nitrogen and oxygen atoms in total. The first-order valence-electron chi connectivity index (χ1n) is 5.67. The molecule has 1 amide bonds. The van der Waals surface area contributed by atoms with Gasteiger partial charge in [-0.25, -0.2) is 5.84 Å². The van der Waals surface area contributed by atoms with Gasteiger partial charge in [-0.1, -0.05) is 0 Å². The fourth-order valence-corrected chi connectivity index (χ4v) is 1.93. The Labute approximate surface area is 116 Å². The molecule has 0 fully saturated rings. The summed E-state index contributed by atoms with van der Waals surface area (Å²) in [6.45, 7) is -0.550. The highest BCUT2D eigenvalue weighted by atomic mass is 16.4. The molecular formula is C12H11N3O6. The monoisotopic (exact) mass is 293 g/mol. The second-order valence-corrected chi connectivity index (χ2v) is 4.23. The minimum absolute atomic E-state index is 0.0614. The van der Waals surface area contributed by atoms with Crippen molar-refractivity contribution in [2.75, 3.05) is 0 Å².